The summed E-state index contributed by atoms with van der Waals surface area (Å²) in [4.78, 5) is 21.8. The van der Waals surface area contributed by atoms with Crippen LogP contribution < -0.4 is 15.1 Å². The standard InChI is InChI=1S/C16H18F3N5O/c1-10(25)24(4)12-7-5-11(6-8-12)20-15-21-13(16(17,18)19)9-14(22-15)23(2)3/h5-9H,1-4H3,(H,20,21,22). The average molecular weight is 353 g/mol. The molecule has 1 heterocycles. The van der Waals surface area contributed by atoms with Crippen LogP contribution in [0.1, 0.15) is 12.6 Å². The van der Waals surface area contributed by atoms with Crippen molar-refractivity contribution in [3.05, 3.63) is 36.0 Å². The minimum absolute atomic E-state index is 0.127. The van der Waals surface area contributed by atoms with Gasteiger partial charge in [0.2, 0.25) is 11.9 Å². The summed E-state index contributed by atoms with van der Waals surface area (Å²) in [5, 5.41) is 2.75. The van der Waals surface area contributed by atoms with Crippen LogP contribution in [0.2, 0.25) is 0 Å². The van der Waals surface area contributed by atoms with Crippen molar-refractivity contribution in [2.75, 3.05) is 36.3 Å². The van der Waals surface area contributed by atoms with E-state index >= 15 is 0 Å². The average Bonchev–Trinajstić information content (AvgIpc) is 2.53. The number of carbonyl (C=O) groups excluding carboxylic acids is 1. The molecule has 0 saturated heterocycles. The van der Waals surface area contributed by atoms with Crippen molar-refractivity contribution in [3.8, 4) is 0 Å². The van der Waals surface area contributed by atoms with Crippen molar-refractivity contribution < 1.29 is 18.0 Å². The number of alkyl halides is 3. The molecule has 0 unspecified atom stereocenters. The maximum absolute atomic E-state index is 13.0. The van der Waals surface area contributed by atoms with Crippen LogP contribution in [0, 0.1) is 0 Å². The molecule has 0 fully saturated rings. The number of rotatable bonds is 4. The summed E-state index contributed by atoms with van der Waals surface area (Å²) in [6, 6.07) is 7.49. The van der Waals surface area contributed by atoms with E-state index in [-0.39, 0.29) is 17.7 Å². The Morgan fingerprint density at radius 1 is 1.08 bits per heavy atom. The first-order valence-electron chi connectivity index (χ1n) is 7.33. The molecule has 0 aliphatic rings. The molecule has 0 atom stereocenters. The van der Waals surface area contributed by atoms with Gasteiger partial charge in [-0.25, -0.2) is 4.98 Å². The number of benzene rings is 1. The predicted molar refractivity (Wildman–Crippen MR) is 90.2 cm³/mol. The molecule has 1 aromatic heterocycles. The Morgan fingerprint density at radius 2 is 1.68 bits per heavy atom. The molecule has 0 bridgehead atoms. The highest BCUT2D eigenvalue weighted by molar-refractivity contribution is 5.91. The molecular weight excluding hydrogens is 335 g/mol. The van der Waals surface area contributed by atoms with Gasteiger partial charge in [-0.15, -0.1) is 0 Å². The zero-order valence-corrected chi connectivity index (χ0v) is 14.2. The monoisotopic (exact) mass is 353 g/mol. The Hall–Kier alpha value is -2.84. The number of anilines is 4. The highest BCUT2D eigenvalue weighted by Gasteiger charge is 2.34. The first-order valence-corrected chi connectivity index (χ1v) is 7.33. The van der Waals surface area contributed by atoms with E-state index in [0.29, 0.717) is 11.4 Å². The van der Waals surface area contributed by atoms with Crippen LogP contribution in [0.5, 0.6) is 0 Å². The third-order valence-corrected chi connectivity index (χ3v) is 3.44. The SMILES string of the molecule is CC(=O)N(C)c1ccc(Nc2nc(N(C)C)cc(C(F)(F)F)n2)cc1. The van der Waals surface area contributed by atoms with Crippen molar-refractivity contribution in [2.24, 2.45) is 0 Å². The lowest BCUT2D eigenvalue weighted by molar-refractivity contribution is -0.141. The number of amides is 1. The Balaban J connectivity index is 2.30. The predicted octanol–water partition coefficient (Wildman–Crippen LogP) is 3.29. The molecular formula is C16H18F3N5O. The fraction of sp³-hybridized carbons (Fsp3) is 0.312. The Bertz CT molecular complexity index is 759. The largest absolute Gasteiger partial charge is 0.433 e. The van der Waals surface area contributed by atoms with E-state index in [1.54, 1.807) is 45.4 Å². The number of nitrogens with one attached hydrogen (secondary N) is 1. The van der Waals surface area contributed by atoms with E-state index in [1.807, 2.05) is 0 Å². The number of nitrogens with zero attached hydrogens (tertiary/aromatic N) is 4. The van der Waals surface area contributed by atoms with Crippen molar-refractivity contribution >= 4 is 29.0 Å². The molecule has 25 heavy (non-hydrogen) atoms. The molecule has 0 saturated carbocycles. The van der Waals surface area contributed by atoms with Crippen LogP contribution in [0.3, 0.4) is 0 Å². The first kappa shape index (κ1) is 18.5. The lowest BCUT2D eigenvalue weighted by Gasteiger charge is -2.17. The van der Waals surface area contributed by atoms with Gasteiger partial charge in [0.05, 0.1) is 0 Å². The van der Waals surface area contributed by atoms with E-state index in [1.165, 1.54) is 16.7 Å². The summed E-state index contributed by atoms with van der Waals surface area (Å²) in [5.74, 6) is -0.151. The second-order valence-electron chi connectivity index (χ2n) is 5.58. The molecule has 1 N–H and O–H groups in total. The van der Waals surface area contributed by atoms with Gasteiger partial charge in [-0.3, -0.25) is 4.79 Å². The third kappa shape index (κ3) is 4.59. The number of hydrogen-bond acceptors (Lipinski definition) is 5. The summed E-state index contributed by atoms with van der Waals surface area (Å²) in [7, 11) is 4.82. The molecule has 1 amide bonds. The summed E-state index contributed by atoms with van der Waals surface area (Å²) in [5.41, 5.74) is 0.142. The third-order valence-electron chi connectivity index (χ3n) is 3.44. The lowest BCUT2D eigenvalue weighted by Crippen LogP contribution is -2.22. The highest BCUT2D eigenvalue weighted by Crippen LogP contribution is 2.31. The quantitative estimate of drug-likeness (QED) is 0.914. The number of hydrogen-bond donors (Lipinski definition) is 1. The first-order chi connectivity index (χ1) is 11.6. The van der Waals surface area contributed by atoms with Gasteiger partial charge in [0, 0.05) is 45.5 Å². The van der Waals surface area contributed by atoms with Gasteiger partial charge in [-0.05, 0) is 24.3 Å². The van der Waals surface area contributed by atoms with E-state index in [0.717, 1.165) is 6.07 Å². The minimum atomic E-state index is -4.57. The van der Waals surface area contributed by atoms with Gasteiger partial charge < -0.3 is 15.1 Å². The summed E-state index contributed by atoms with van der Waals surface area (Å²) in [6.07, 6.45) is -4.57. The lowest BCUT2D eigenvalue weighted by atomic mass is 10.2. The topological polar surface area (TPSA) is 61.4 Å². The molecule has 2 rings (SSSR count). The summed E-state index contributed by atoms with van der Waals surface area (Å²) in [6.45, 7) is 1.44. The van der Waals surface area contributed by atoms with E-state index in [4.69, 9.17) is 0 Å². The smallest absolute Gasteiger partial charge is 0.363 e. The summed E-state index contributed by atoms with van der Waals surface area (Å²) >= 11 is 0. The molecule has 6 nitrogen and oxygen atoms in total. The van der Waals surface area contributed by atoms with Crippen LogP contribution in [0.4, 0.5) is 36.3 Å². The fourth-order valence-electron chi connectivity index (χ4n) is 1.94. The van der Waals surface area contributed by atoms with Gasteiger partial charge in [0.25, 0.3) is 0 Å². The van der Waals surface area contributed by atoms with Gasteiger partial charge >= 0.3 is 6.18 Å². The van der Waals surface area contributed by atoms with Crippen molar-refractivity contribution in [2.45, 2.75) is 13.1 Å². The van der Waals surface area contributed by atoms with Crippen LogP contribution in [0.25, 0.3) is 0 Å². The number of carbonyl (C=O) groups is 1. The molecule has 9 heteroatoms. The van der Waals surface area contributed by atoms with Crippen molar-refractivity contribution in [3.63, 3.8) is 0 Å². The molecule has 1 aromatic carbocycles. The van der Waals surface area contributed by atoms with Crippen LogP contribution in [-0.2, 0) is 11.0 Å². The Labute approximate surface area is 143 Å². The second-order valence-corrected chi connectivity index (χ2v) is 5.58. The van der Waals surface area contributed by atoms with Crippen molar-refractivity contribution in [1.82, 2.24) is 9.97 Å². The van der Waals surface area contributed by atoms with Gasteiger partial charge in [-0.1, -0.05) is 0 Å². The van der Waals surface area contributed by atoms with Gasteiger partial charge in [0.15, 0.2) is 5.69 Å². The molecule has 0 spiro atoms. The minimum Gasteiger partial charge on any atom is -0.363 e. The summed E-state index contributed by atoms with van der Waals surface area (Å²) < 4.78 is 39.0. The number of aromatic nitrogens is 2. The van der Waals surface area contributed by atoms with Crippen LogP contribution in [0.15, 0.2) is 30.3 Å². The molecule has 0 radical (unpaired) electrons. The normalized spacial score (nSPS) is 11.2. The zero-order valence-electron chi connectivity index (χ0n) is 14.2. The zero-order chi connectivity index (χ0) is 18.8. The second kappa shape index (κ2) is 6.96. The van der Waals surface area contributed by atoms with E-state index in [2.05, 4.69) is 15.3 Å². The van der Waals surface area contributed by atoms with E-state index in [9.17, 15) is 18.0 Å². The highest BCUT2D eigenvalue weighted by atomic mass is 19.4. The van der Waals surface area contributed by atoms with Crippen molar-refractivity contribution in [1.29, 1.82) is 0 Å². The Kier molecular flexibility index (Phi) is 5.15. The fourth-order valence-corrected chi connectivity index (χ4v) is 1.94. The maximum Gasteiger partial charge on any atom is 0.433 e. The number of halogens is 3. The van der Waals surface area contributed by atoms with Gasteiger partial charge in [-0.2, -0.15) is 18.2 Å². The molecule has 0 aliphatic heterocycles. The Morgan fingerprint density at radius 3 is 2.16 bits per heavy atom. The van der Waals surface area contributed by atoms with E-state index < -0.39 is 11.9 Å². The molecule has 2 aromatic rings. The van der Waals surface area contributed by atoms with Crippen LogP contribution >= 0.6 is 0 Å². The van der Waals surface area contributed by atoms with Crippen LogP contribution in [-0.4, -0.2) is 37.0 Å². The molecule has 0 aliphatic carbocycles. The molecule has 134 valence electrons. The maximum atomic E-state index is 13.0. The van der Waals surface area contributed by atoms with Gasteiger partial charge in [0.1, 0.15) is 5.82 Å².